The van der Waals surface area contributed by atoms with E-state index in [4.69, 9.17) is 19.3 Å². The average Bonchev–Trinajstić information content (AvgIpc) is 1.60. The monoisotopic (exact) mass is 2040 g/mol. The number of aromatic amines is 7. The van der Waals surface area contributed by atoms with E-state index in [1.807, 2.05) is 4.98 Å². The van der Waals surface area contributed by atoms with Gasteiger partial charge in [0.1, 0.15) is 54.1 Å². The van der Waals surface area contributed by atoms with Crippen LogP contribution in [0.2, 0.25) is 0 Å². The molecule has 0 saturated carbocycles. The lowest BCUT2D eigenvalue weighted by Crippen LogP contribution is -2.61. The van der Waals surface area contributed by atoms with Gasteiger partial charge in [-0.05, 0) is 84.5 Å². The minimum absolute atomic E-state index is 0.204. The van der Waals surface area contributed by atoms with Crippen molar-refractivity contribution in [2.45, 2.75) is 209 Å². The summed E-state index contributed by atoms with van der Waals surface area (Å²) in [6, 6.07) is -9.12. The van der Waals surface area contributed by atoms with E-state index in [0.717, 1.165) is 15.7 Å². The second-order valence-corrected chi connectivity index (χ2v) is 36.9. The molecule has 54 heteroatoms. The number of imide groups is 1. The van der Waals surface area contributed by atoms with Gasteiger partial charge in [-0.2, -0.15) is 8.62 Å². The van der Waals surface area contributed by atoms with E-state index in [1.165, 1.54) is 154 Å². The molecular formula is C87H136N25O26P3. The first kappa shape index (κ1) is 118. The number of likely N-dealkylation sites (tertiary alicyclic amines) is 1. The summed E-state index contributed by atoms with van der Waals surface area (Å²) < 4.78 is 58.6. The lowest BCUT2D eigenvalue weighted by molar-refractivity contribution is -0.147. The Morgan fingerprint density at radius 3 is 1.18 bits per heavy atom. The Bertz CT molecular complexity index is 5300. The Morgan fingerprint density at radius 2 is 0.844 bits per heavy atom. The van der Waals surface area contributed by atoms with Crippen LogP contribution in [0.15, 0.2) is 103 Å². The smallest absolute Gasteiger partial charge is 0.480 e. The van der Waals surface area contributed by atoms with Crippen LogP contribution in [0.25, 0.3) is 0 Å². The zero-order chi connectivity index (χ0) is 104. The Morgan fingerprint density at radius 1 is 0.489 bits per heavy atom. The topological polar surface area (TPSA) is 705 Å². The Kier molecular flexibility index (Phi) is 50.1. The number of phosphoric ester groups is 1. The predicted octanol–water partition coefficient (Wildman–Crippen LogP) is 1.20. The number of imidazole rings is 6. The molecule has 0 bridgehead atoms. The largest absolute Gasteiger partial charge is 0.490 e. The van der Waals surface area contributed by atoms with E-state index in [9.17, 15) is 91.2 Å². The van der Waals surface area contributed by atoms with Crippen LogP contribution >= 0.6 is 23.5 Å². The molecule has 2 saturated heterocycles. The van der Waals surface area contributed by atoms with E-state index >= 15 is 0 Å². The molecule has 0 radical (unpaired) electrons. The predicted molar refractivity (Wildman–Crippen MR) is 510 cm³/mol. The number of rotatable bonds is 51. The highest BCUT2D eigenvalue weighted by atomic mass is 31.3. The molecule has 19 N–H and O–H groups in total. The Labute approximate surface area is 815 Å². The second-order valence-electron chi connectivity index (χ2n) is 32.5. The highest BCUT2D eigenvalue weighted by Crippen LogP contribution is 2.66. The molecule has 2 aliphatic heterocycles. The number of carbonyl (C=O) groups excluding carboxylic acids is 9. The fraction of sp³-hybridized carbons (Fsp3) is 0.586. The van der Waals surface area contributed by atoms with Crippen molar-refractivity contribution in [3.05, 3.63) is 154 Å². The summed E-state index contributed by atoms with van der Waals surface area (Å²) in [5.41, 5.74) is -0.307. The number of allylic oxidation sites excluding steroid dienone is 1. The van der Waals surface area contributed by atoms with Crippen molar-refractivity contribution in [1.29, 1.82) is 0 Å². The quantitative estimate of drug-likeness (QED) is 0.00837. The normalized spacial score (nSPS) is 18.6. The van der Waals surface area contributed by atoms with Crippen molar-refractivity contribution in [2.75, 3.05) is 98.3 Å². The number of nitrogens with zero attached hydrogens (tertiary/aromatic N) is 12. The number of nitrogens with one attached hydrogen (secondary N) is 13. The number of hydrogen-bond donors (Lipinski definition) is 19. The molecule has 8 amide bonds. The van der Waals surface area contributed by atoms with Crippen LogP contribution in [0.5, 0.6) is 0 Å². The number of esters is 1. The van der Waals surface area contributed by atoms with Crippen molar-refractivity contribution < 1.29 is 114 Å². The third kappa shape index (κ3) is 40.0. The number of phosphoric acid groups is 3. The van der Waals surface area contributed by atoms with Gasteiger partial charge in [0.15, 0.2) is 0 Å². The minimum Gasteiger partial charge on any atom is -0.480 e. The first-order chi connectivity index (χ1) is 67.1. The highest BCUT2D eigenvalue weighted by molar-refractivity contribution is 7.66. The number of carboxylic acids is 1. The maximum absolute atomic E-state index is 14.8. The van der Waals surface area contributed by atoms with Gasteiger partial charge in [0.05, 0.1) is 75.5 Å². The van der Waals surface area contributed by atoms with Crippen LogP contribution in [0.4, 0.5) is 0 Å². The summed E-state index contributed by atoms with van der Waals surface area (Å²) in [7, 11) is -17.2. The molecule has 780 valence electrons. The highest BCUT2D eigenvalue weighted by Gasteiger charge is 2.54. The van der Waals surface area contributed by atoms with Crippen molar-refractivity contribution in [1.82, 2.24) is 126 Å². The summed E-state index contributed by atoms with van der Waals surface area (Å²) in [5, 5.41) is 36.4. The van der Waals surface area contributed by atoms with Crippen LogP contribution in [0, 0.1) is 35.5 Å². The molecule has 51 nitrogen and oxygen atoms in total. The molecule has 141 heavy (non-hydrogen) atoms. The Balaban J connectivity index is 0.000000946. The Hall–Kier alpha value is -11.7. The number of aliphatic carboxylic acids is 1. The maximum Gasteiger partial charge on any atom is 0.490 e. The zero-order valence-electron chi connectivity index (χ0n) is 81.4. The van der Waals surface area contributed by atoms with Crippen molar-refractivity contribution in [2.24, 2.45) is 23.7 Å². The van der Waals surface area contributed by atoms with Gasteiger partial charge < -0.3 is 121 Å². The van der Waals surface area contributed by atoms with Crippen molar-refractivity contribution >= 4 is 82.7 Å². The van der Waals surface area contributed by atoms with Crippen LogP contribution in [-0.4, -0.2) is 330 Å². The number of amides is 8. The van der Waals surface area contributed by atoms with Crippen molar-refractivity contribution in [3.63, 3.8) is 0 Å². The molecule has 7 aromatic heterocycles. The summed E-state index contributed by atoms with van der Waals surface area (Å²) in [5.74, 6) is -7.28. The molecule has 0 spiro atoms. The van der Waals surface area contributed by atoms with Gasteiger partial charge in [-0.1, -0.05) is 114 Å². The number of carboxylic acid groups (broad SMARTS) is 1. The maximum atomic E-state index is 14.8. The SMILES string of the molecule is CC1C=CC(COC(=O)CCC#Cc2cn([C@H]3C[C@H](O)[C@@H](COP(=O)(O)OP(=O)(O)OP(=O)(O)O)O3)c(=O)[nH]c2=O)C2C(=O)N(CCC(=O)N[C@@H](Cc3cnc[nH]3)C(=O)N[C@@H](Cc3cnc[nH]3)C(=O)N[C@@H](Cc3cnc[nH]3)C(=O)N[C@@H](Cc3cnc[nH]3)C(=O)N[C@@H](Cc3cnc[nH]3)C(=O)N[C@@H](Cc3cnc[nH]3)C(=O)O)C(=O)C12.CCN(CC)CC.CCN(CC)CC.CCN(CC)CC.CCN(CC)CC. The van der Waals surface area contributed by atoms with Gasteiger partial charge in [-0.15, -0.1) is 0 Å². The lowest BCUT2D eigenvalue weighted by atomic mass is 9.73. The van der Waals surface area contributed by atoms with Crippen LogP contribution in [-0.2, 0) is 123 Å². The fourth-order valence-electron chi connectivity index (χ4n) is 15.1. The van der Waals surface area contributed by atoms with E-state index < -0.39 is 198 Å². The molecule has 9 heterocycles. The standard InChI is InChI=1S/C63H76N21O26P3.4C6H15N/c1-32-6-7-34(24-106-51(87)5-3-2-4-33-23-84(63(98)82-54(33)88)50-16-47(85)48(108-50)25-107-112(102,103)110-113(104,105)109-111(99,100)101)53-52(32)60(94)83(61(53)95)9-8-49(86)76-41(10-35-17-64-26-70-35)55(89)77-42(11-36-18-65-27-71-36)56(90)78-43(12-37-19-66-28-72-37)57(91)79-44(13-38-20-67-29-73-38)58(92)80-45(14-39-21-68-30-74-39)59(93)81-46(62(96)97)15-40-22-69-31-75-40;4*1-4-7(5-2)6-3/h6-7,17-23,26-32,34,41-48,50,52-53,85H,3,5,8-16,24-25H2,1H3,(H,64,70)(H,65,71)(H,66,72)(H,67,73)(H,68,74)(H,69,75)(H,76,86)(H,77,89)(H,78,90)(H,79,91)(H,80,92)(H,81,93)(H,96,97)(H,102,103)(H,104,105)(H,82,88,98)(H2,99,100,101);4*4-6H2,1-3H3/t32?,34?,41-,42-,43-,44-,45-,46-,47-,48+,50+,52?,53?;;;;/m0..../s1. The number of hydrogen-bond acceptors (Lipinski definition) is 31. The van der Waals surface area contributed by atoms with E-state index in [0.29, 0.717) is 34.2 Å². The van der Waals surface area contributed by atoms with E-state index in [2.05, 4.69) is 219 Å². The zero-order valence-corrected chi connectivity index (χ0v) is 84.1. The van der Waals surface area contributed by atoms with Gasteiger partial charge in [-0.3, -0.25) is 66.9 Å². The van der Waals surface area contributed by atoms with E-state index in [-0.39, 0.29) is 63.5 Å². The number of aromatic nitrogens is 14. The summed E-state index contributed by atoms with van der Waals surface area (Å²) in [6.45, 7) is 40.3. The molecule has 2 fully saturated rings. The molecule has 6 unspecified atom stereocenters. The number of H-pyrrole nitrogens is 7. The molecule has 0 aromatic carbocycles. The molecule has 7 aromatic rings. The van der Waals surface area contributed by atoms with Gasteiger partial charge in [0.25, 0.3) is 5.56 Å². The summed E-state index contributed by atoms with van der Waals surface area (Å²) in [4.78, 5) is 257. The lowest BCUT2D eigenvalue weighted by Gasteiger charge is -2.29. The number of ether oxygens (including phenoxy) is 2. The van der Waals surface area contributed by atoms with Crippen molar-refractivity contribution in [3.8, 4) is 11.8 Å². The third-order valence-corrected chi connectivity index (χ3v) is 27.0. The number of aliphatic hydroxyl groups excluding tert-OH is 1. The summed E-state index contributed by atoms with van der Waals surface area (Å²) >= 11 is 0. The minimum atomic E-state index is -5.87. The van der Waals surface area contributed by atoms with Crippen LogP contribution in [0.3, 0.4) is 0 Å². The fourth-order valence-corrected chi connectivity index (χ4v) is 18.1. The second kappa shape index (κ2) is 59.9. The van der Waals surface area contributed by atoms with Gasteiger partial charge >= 0.3 is 41.1 Å². The number of aliphatic hydroxyl groups is 1. The first-order valence-electron chi connectivity index (χ1n) is 46.5. The summed E-state index contributed by atoms with van der Waals surface area (Å²) in [6.07, 6.45) is 12.9. The van der Waals surface area contributed by atoms with Gasteiger partial charge in [-0.25, -0.2) is 53.2 Å². The number of carbonyl (C=O) groups is 10. The first-order valence-corrected chi connectivity index (χ1v) is 51.1. The van der Waals surface area contributed by atoms with Gasteiger partial charge in [0, 0.05) is 148 Å². The molecule has 3 aliphatic rings. The molecule has 15 atom stereocenters. The van der Waals surface area contributed by atoms with E-state index in [1.54, 1.807) is 19.1 Å². The molecular weight excluding hydrogens is 1900 g/mol. The molecule has 1 aliphatic carbocycles. The van der Waals surface area contributed by atoms with Crippen LogP contribution < -0.4 is 43.1 Å². The molecule has 10 rings (SSSR count). The average molecular weight is 2040 g/mol. The number of fused-ring (bicyclic) bond motifs is 1. The van der Waals surface area contributed by atoms with Crippen LogP contribution in [0.1, 0.15) is 162 Å². The third-order valence-electron chi connectivity index (χ3n) is 23.2. The van der Waals surface area contributed by atoms with Gasteiger partial charge in [0.2, 0.25) is 47.3 Å².